The highest BCUT2D eigenvalue weighted by Crippen LogP contribution is 2.23. The summed E-state index contributed by atoms with van der Waals surface area (Å²) < 4.78 is 0. The average Bonchev–Trinajstić information content (AvgIpc) is 3.13. The third-order valence-corrected chi connectivity index (χ3v) is 4.86. The molecule has 0 unspecified atom stereocenters. The molecule has 1 aliphatic carbocycles. The number of ketones is 1. The molecule has 136 valence electrons. The summed E-state index contributed by atoms with van der Waals surface area (Å²) >= 11 is 0. The van der Waals surface area contributed by atoms with Gasteiger partial charge >= 0.3 is 0 Å². The lowest BCUT2D eigenvalue weighted by atomic mass is 10.0. The van der Waals surface area contributed by atoms with Gasteiger partial charge in [0.2, 0.25) is 5.91 Å². The third-order valence-electron chi connectivity index (χ3n) is 4.86. The van der Waals surface area contributed by atoms with Crippen molar-refractivity contribution in [3.05, 3.63) is 64.7 Å². The van der Waals surface area contributed by atoms with Gasteiger partial charge in [0.1, 0.15) is 0 Å². The first kappa shape index (κ1) is 18.3. The van der Waals surface area contributed by atoms with E-state index in [1.807, 2.05) is 43.3 Å². The third kappa shape index (κ3) is 4.58. The highest BCUT2D eigenvalue weighted by Gasteiger charge is 2.15. The molecule has 2 aromatic carbocycles. The topological polar surface area (TPSA) is 58.2 Å². The number of carbonyl (C=O) groups is 2. The molecule has 2 aromatic rings. The maximum absolute atomic E-state index is 12.4. The molecule has 0 heterocycles. The van der Waals surface area contributed by atoms with E-state index in [4.69, 9.17) is 0 Å². The van der Waals surface area contributed by atoms with Gasteiger partial charge in [-0.25, -0.2) is 0 Å². The average molecular weight is 350 g/mol. The van der Waals surface area contributed by atoms with E-state index in [9.17, 15) is 9.59 Å². The molecular weight excluding hydrogens is 324 g/mol. The number of hydrogen-bond acceptors (Lipinski definition) is 3. The van der Waals surface area contributed by atoms with E-state index < -0.39 is 0 Å². The Hall–Kier alpha value is -2.46. The van der Waals surface area contributed by atoms with E-state index in [1.165, 1.54) is 17.5 Å². The van der Waals surface area contributed by atoms with E-state index in [2.05, 4.69) is 16.7 Å². The molecule has 0 radical (unpaired) electrons. The van der Waals surface area contributed by atoms with Gasteiger partial charge in [-0.15, -0.1) is 0 Å². The SMILES string of the molecule is CCNCc1ccccc1NC(=O)CCC(=O)c1ccc2c(c1)CCC2. The lowest BCUT2D eigenvalue weighted by molar-refractivity contribution is -0.116. The van der Waals surface area contributed by atoms with Crippen LogP contribution in [0, 0.1) is 0 Å². The molecule has 0 saturated heterocycles. The number of anilines is 1. The molecule has 0 atom stereocenters. The highest BCUT2D eigenvalue weighted by atomic mass is 16.2. The molecule has 4 nitrogen and oxygen atoms in total. The number of carbonyl (C=O) groups excluding carboxylic acids is 2. The molecule has 26 heavy (non-hydrogen) atoms. The zero-order chi connectivity index (χ0) is 18.4. The molecule has 2 N–H and O–H groups in total. The molecule has 0 bridgehead atoms. The van der Waals surface area contributed by atoms with Crippen LogP contribution in [0.2, 0.25) is 0 Å². The van der Waals surface area contributed by atoms with Gasteiger partial charge < -0.3 is 10.6 Å². The van der Waals surface area contributed by atoms with Gasteiger partial charge in [-0.3, -0.25) is 9.59 Å². The summed E-state index contributed by atoms with van der Waals surface area (Å²) in [7, 11) is 0. The van der Waals surface area contributed by atoms with Gasteiger partial charge in [0.25, 0.3) is 0 Å². The second-order valence-corrected chi connectivity index (χ2v) is 6.75. The van der Waals surface area contributed by atoms with Gasteiger partial charge in [-0.05, 0) is 54.6 Å². The summed E-state index contributed by atoms with van der Waals surface area (Å²) in [6.45, 7) is 3.63. The molecule has 0 aromatic heterocycles. The number of aryl methyl sites for hydroxylation is 2. The zero-order valence-corrected chi connectivity index (χ0v) is 15.3. The van der Waals surface area contributed by atoms with Crippen LogP contribution in [0.25, 0.3) is 0 Å². The molecule has 1 amide bonds. The second kappa shape index (κ2) is 8.77. The number of nitrogens with one attached hydrogen (secondary N) is 2. The number of hydrogen-bond donors (Lipinski definition) is 2. The monoisotopic (exact) mass is 350 g/mol. The molecular formula is C22H26N2O2. The van der Waals surface area contributed by atoms with Crippen LogP contribution in [0.3, 0.4) is 0 Å². The maximum Gasteiger partial charge on any atom is 0.224 e. The molecule has 0 spiro atoms. The Bertz CT molecular complexity index is 798. The Morgan fingerprint density at radius 1 is 1.00 bits per heavy atom. The second-order valence-electron chi connectivity index (χ2n) is 6.75. The molecule has 4 heteroatoms. The molecule has 1 aliphatic rings. The Kier molecular flexibility index (Phi) is 6.18. The fourth-order valence-electron chi connectivity index (χ4n) is 3.39. The van der Waals surface area contributed by atoms with Crippen LogP contribution in [0.4, 0.5) is 5.69 Å². The summed E-state index contributed by atoms with van der Waals surface area (Å²) in [4.78, 5) is 24.7. The van der Waals surface area contributed by atoms with Crippen molar-refractivity contribution in [1.82, 2.24) is 5.32 Å². The van der Waals surface area contributed by atoms with Gasteiger partial charge in [-0.1, -0.05) is 37.3 Å². The van der Waals surface area contributed by atoms with E-state index in [0.717, 1.165) is 36.2 Å². The quantitative estimate of drug-likeness (QED) is 0.710. The predicted octanol–water partition coefficient (Wildman–Crippen LogP) is 3.89. The predicted molar refractivity (Wildman–Crippen MR) is 104 cm³/mol. The Morgan fingerprint density at radius 2 is 1.81 bits per heavy atom. The first-order chi connectivity index (χ1) is 12.7. The van der Waals surface area contributed by atoms with E-state index in [-0.39, 0.29) is 24.5 Å². The smallest absolute Gasteiger partial charge is 0.224 e. The standard InChI is InChI=1S/C22H26N2O2/c1-2-23-15-19-6-3-4-9-20(19)24-22(26)13-12-21(25)18-11-10-16-7-5-8-17(16)14-18/h3-4,6,9-11,14,23H,2,5,7-8,12-13,15H2,1H3,(H,24,26). The van der Waals surface area contributed by atoms with Crippen molar-refractivity contribution in [2.45, 2.75) is 45.6 Å². The largest absolute Gasteiger partial charge is 0.326 e. The van der Waals surface area contributed by atoms with Gasteiger partial charge in [0.05, 0.1) is 0 Å². The van der Waals surface area contributed by atoms with Gasteiger partial charge in [0, 0.05) is 30.6 Å². The molecule has 0 saturated carbocycles. The summed E-state index contributed by atoms with van der Waals surface area (Å²) in [6.07, 6.45) is 3.77. The van der Waals surface area contributed by atoms with Crippen molar-refractivity contribution in [2.24, 2.45) is 0 Å². The fourth-order valence-corrected chi connectivity index (χ4v) is 3.39. The minimum absolute atomic E-state index is 0.0378. The number of rotatable bonds is 8. The van der Waals surface area contributed by atoms with E-state index in [0.29, 0.717) is 6.54 Å². The minimum Gasteiger partial charge on any atom is -0.326 e. The van der Waals surface area contributed by atoms with Crippen LogP contribution in [0.15, 0.2) is 42.5 Å². The van der Waals surface area contributed by atoms with Crippen LogP contribution in [-0.2, 0) is 24.2 Å². The highest BCUT2D eigenvalue weighted by molar-refractivity contribution is 6.00. The number of Topliss-reactive ketones (excluding diaryl/α,β-unsaturated/α-hetero) is 1. The summed E-state index contributed by atoms with van der Waals surface area (Å²) in [5, 5.41) is 6.20. The van der Waals surface area contributed by atoms with Crippen molar-refractivity contribution in [3.63, 3.8) is 0 Å². The van der Waals surface area contributed by atoms with Crippen molar-refractivity contribution >= 4 is 17.4 Å². The Morgan fingerprint density at radius 3 is 2.65 bits per heavy atom. The van der Waals surface area contributed by atoms with Crippen molar-refractivity contribution in [2.75, 3.05) is 11.9 Å². The minimum atomic E-state index is -0.122. The normalized spacial score (nSPS) is 12.7. The van der Waals surface area contributed by atoms with Crippen LogP contribution in [0.5, 0.6) is 0 Å². The van der Waals surface area contributed by atoms with Crippen molar-refractivity contribution in [3.8, 4) is 0 Å². The first-order valence-electron chi connectivity index (χ1n) is 9.41. The Balaban J connectivity index is 1.55. The number of benzene rings is 2. The lowest BCUT2D eigenvalue weighted by Crippen LogP contribution is -2.17. The summed E-state index contributed by atoms with van der Waals surface area (Å²) in [5.41, 5.74) is 5.23. The first-order valence-corrected chi connectivity index (χ1v) is 9.41. The van der Waals surface area contributed by atoms with Crippen molar-refractivity contribution in [1.29, 1.82) is 0 Å². The maximum atomic E-state index is 12.4. The van der Waals surface area contributed by atoms with Crippen molar-refractivity contribution < 1.29 is 9.59 Å². The zero-order valence-electron chi connectivity index (χ0n) is 15.3. The molecule has 0 aliphatic heterocycles. The van der Waals surface area contributed by atoms with Gasteiger partial charge in [-0.2, -0.15) is 0 Å². The molecule has 0 fully saturated rings. The number of fused-ring (bicyclic) bond motifs is 1. The van der Waals surface area contributed by atoms with Crippen LogP contribution >= 0.6 is 0 Å². The summed E-state index contributed by atoms with van der Waals surface area (Å²) in [5.74, 6) is -0.0840. The summed E-state index contributed by atoms with van der Waals surface area (Å²) in [6, 6.07) is 13.7. The fraction of sp³-hybridized carbons (Fsp3) is 0.364. The molecule has 3 rings (SSSR count). The van der Waals surface area contributed by atoms with E-state index >= 15 is 0 Å². The van der Waals surface area contributed by atoms with Gasteiger partial charge in [0.15, 0.2) is 5.78 Å². The van der Waals surface area contributed by atoms with Crippen LogP contribution in [0.1, 0.15) is 53.2 Å². The Labute approximate surface area is 155 Å². The van der Waals surface area contributed by atoms with Crippen LogP contribution < -0.4 is 10.6 Å². The van der Waals surface area contributed by atoms with E-state index in [1.54, 1.807) is 0 Å². The van der Waals surface area contributed by atoms with Crippen LogP contribution in [-0.4, -0.2) is 18.2 Å². The number of para-hydroxylation sites is 1. The number of amides is 1. The lowest BCUT2D eigenvalue weighted by Gasteiger charge is -2.11.